The summed E-state index contributed by atoms with van der Waals surface area (Å²) in [7, 11) is 0. The maximum absolute atomic E-state index is 6.12. The van der Waals surface area contributed by atoms with Crippen LogP contribution in [-0.2, 0) is 0 Å². The minimum atomic E-state index is 0.0356. The summed E-state index contributed by atoms with van der Waals surface area (Å²) >= 11 is 0. The molecule has 0 saturated heterocycles. The minimum absolute atomic E-state index is 0.0356. The quantitative estimate of drug-likeness (QED) is 0.863. The smallest absolute Gasteiger partial charge is 0.124 e. The molecule has 1 aromatic carbocycles. The van der Waals surface area contributed by atoms with Gasteiger partial charge >= 0.3 is 0 Å². The van der Waals surface area contributed by atoms with Crippen LogP contribution in [0.5, 0.6) is 5.75 Å². The molecular formula is C15H23NO. The molecule has 17 heavy (non-hydrogen) atoms. The van der Waals surface area contributed by atoms with Crippen molar-refractivity contribution in [1.82, 2.24) is 0 Å². The Kier molecular flexibility index (Phi) is 4.06. The molecule has 1 aliphatic rings. The van der Waals surface area contributed by atoms with E-state index in [1.165, 1.54) is 37.7 Å². The Balaban J connectivity index is 2.13. The zero-order chi connectivity index (χ0) is 12.3. The molecule has 0 unspecified atom stereocenters. The van der Waals surface area contributed by atoms with E-state index in [1.807, 2.05) is 6.92 Å². The highest BCUT2D eigenvalue weighted by Gasteiger charge is 2.17. The van der Waals surface area contributed by atoms with E-state index in [0.29, 0.717) is 6.10 Å². The highest BCUT2D eigenvalue weighted by Crippen LogP contribution is 2.29. The number of benzene rings is 1. The standard InChI is InChI=1S/C15H23NO/c1-11-8-9-15(14(10-11)12(2)16)17-13-6-4-3-5-7-13/h8-10,12-13H,3-7,16H2,1-2H3/t12-/m1/s1. The van der Waals surface area contributed by atoms with Crippen LogP contribution in [0.25, 0.3) is 0 Å². The molecule has 2 heteroatoms. The number of nitrogens with two attached hydrogens (primary N) is 1. The number of rotatable bonds is 3. The van der Waals surface area contributed by atoms with E-state index in [4.69, 9.17) is 10.5 Å². The molecule has 1 aliphatic carbocycles. The molecule has 0 aliphatic heterocycles. The molecule has 0 bridgehead atoms. The fourth-order valence-electron chi connectivity index (χ4n) is 2.49. The number of hydrogen-bond donors (Lipinski definition) is 1. The first kappa shape index (κ1) is 12.4. The predicted octanol–water partition coefficient (Wildman–Crippen LogP) is 3.73. The van der Waals surface area contributed by atoms with Crippen LogP contribution >= 0.6 is 0 Å². The molecule has 2 rings (SSSR count). The van der Waals surface area contributed by atoms with Gasteiger partial charge < -0.3 is 10.5 Å². The van der Waals surface area contributed by atoms with Gasteiger partial charge in [-0.05, 0) is 45.6 Å². The van der Waals surface area contributed by atoms with Gasteiger partial charge in [-0.1, -0.05) is 24.1 Å². The lowest BCUT2D eigenvalue weighted by atomic mass is 9.97. The first-order valence-electron chi connectivity index (χ1n) is 6.69. The Bertz CT molecular complexity index is 367. The molecule has 1 fully saturated rings. The van der Waals surface area contributed by atoms with Gasteiger partial charge in [0.2, 0.25) is 0 Å². The summed E-state index contributed by atoms with van der Waals surface area (Å²) in [5, 5.41) is 0. The highest BCUT2D eigenvalue weighted by atomic mass is 16.5. The SMILES string of the molecule is Cc1ccc(OC2CCCCC2)c([C@@H](C)N)c1. The number of hydrogen-bond acceptors (Lipinski definition) is 2. The summed E-state index contributed by atoms with van der Waals surface area (Å²) in [6.45, 7) is 4.11. The average molecular weight is 233 g/mol. The van der Waals surface area contributed by atoms with Crippen molar-refractivity contribution in [3.63, 3.8) is 0 Å². The van der Waals surface area contributed by atoms with Gasteiger partial charge in [0.1, 0.15) is 5.75 Å². The second kappa shape index (κ2) is 5.54. The first-order chi connectivity index (χ1) is 8.16. The minimum Gasteiger partial charge on any atom is -0.490 e. The van der Waals surface area contributed by atoms with Crippen LogP contribution in [0, 0.1) is 6.92 Å². The van der Waals surface area contributed by atoms with E-state index in [0.717, 1.165) is 11.3 Å². The third-order valence-corrected chi connectivity index (χ3v) is 3.50. The van der Waals surface area contributed by atoms with Crippen LogP contribution < -0.4 is 10.5 Å². The topological polar surface area (TPSA) is 35.2 Å². The number of ether oxygens (including phenoxy) is 1. The van der Waals surface area contributed by atoms with Gasteiger partial charge in [0.05, 0.1) is 6.10 Å². The van der Waals surface area contributed by atoms with Gasteiger partial charge in [0.15, 0.2) is 0 Å². The molecule has 2 nitrogen and oxygen atoms in total. The molecule has 94 valence electrons. The second-order valence-corrected chi connectivity index (χ2v) is 5.21. The van der Waals surface area contributed by atoms with E-state index in [1.54, 1.807) is 0 Å². The third kappa shape index (κ3) is 3.22. The second-order valence-electron chi connectivity index (χ2n) is 5.21. The van der Waals surface area contributed by atoms with Crippen molar-refractivity contribution in [3.8, 4) is 5.75 Å². The first-order valence-corrected chi connectivity index (χ1v) is 6.69. The fraction of sp³-hybridized carbons (Fsp3) is 0.600. The maximum atomic E-state index is 6.12. The van der Waals surface area contributed by atoms with Crippen molar-refractivity contribution < 1.29 is 4.74 Å². The molecule has 0 radical (unpaired) electrons. The molecule has 0 heterocycles. The van der Waals surface area contributed by atoms with Gasteiger partial charge in [-0.15, -0.1) is 0 Å². The zero-order valence-electron chi connectivity index (χ0n) is 10.9. The van der Waals surface area contributed by atoms with Crippen molar-refractivity contribution in [3.05, 3.63) is 29.3 Å². The van der Waals surface area contributed by atoms with Crippen molar-refractivity contribution in [1.29, 1.82) is 0 Å². The van der Waals surface area contributed by atoms with Crippen LogP contribution in [0.2, 0.25) is 0 Å². The third-order valence-electron chi connectivity index (χ3n) is 3.50. The lowest BCUT2D eigenvalue weighted by Crippen LogP contribution is -2.21. The van der Waals surface area contributed by atoms with Crippen LogP contribution in [0.1, 0.15) is 56.2 Å². The summed E-state index contributed by atoms with van der Waals surface area (Å²) < 4.78 is 6.12. The molecule has 1 atom stereocenters. The molecule has 0 spiro atoms. The zero-order valence-corrected chi connectivity index (χ0v) is 10.9. The van der Waals surface area contributed by atoms with E-state index in [-0.39, 0.29) is 6.04 Å². The summed E-state index contributed by atoms with van der Waals surface area (Å²) in [5.41, 5.74) is 8.39. The summed E-state index contributed by atoms with van der Waals surface area (Å²) in [4.78, 5) is 0. The summed E-state index contributed by atoms with van der Waals surface area (Å²) in [6.07, 6.45) is 6.71. The molecular weight excluding hydrogens is 210 g/mol. The monoisotopic (exact) mass is 233 g/mol. The maximum Gasteiger partial charge on any atom is 0.124 e. The lowest BCUT2D eigenvalue weighted by Gasteiger charge is -2.25. The molecule has 0 amide bonds. The lowest BCUT2D eigenvalue weighted by molar-refractivity contribution is 0.153. The molecule has 2 N–H and O–H groups in total. The average Bonchev–Trinajstić information content (AvgIpc) is 2.32. The Morgan fingerprint density at radius 2 is 1.94 bits per heavy atom. The van der Waals surface area contributed by atoms with E-state index < -0.39 is 0 Å². The molecule has 1 aromatic rings. The van der Waals surface area contributed by atoms with Crippen molar-refractivity contribution in [2.24, 2.45) is 5.73 Å². The van der Waals surface area contributed by atoms with Gasteiger partial charge in [0.25, 0.3) is 0 Å². The van der Waals surface area contributed by atoms with Crippen LogP contribution in [0.3, 0.4) is 0 Å². The normalized spacial score (nSPS) is 19.0. The summed E-state index contributed by atoms with van der Waals surface area (Å²) in [5.74, 6) is 0.984. The Morgan fingerprint density at radius 1 is 1.24 bits per heavy atom. The van der Waals surface area contributed by atoms with E-state index in [2.05, 4.69) is 25.1 Å². The van der Waals surface area contributed by atoms with E-state index >= 15 is 0 Å². The van der Waals surface area contributed by atoms with Crippen LogP contribution in [-0.4, -0.2) is 6.10 Å². The van der Waals surface area contributed by atoms with Crippen molar-refractivity contribution >= 4 is 0 Å². The molecule has 1 saturated carbocycles. The van der Waals surface area contributed by atoms with Gasteiger partial charge in [-0.3, -0.25) is 0 Å². The predicted molar refractivity (Wildman–Crippen MR) is 71.3 cm³/mol. The van der Waals surface area contributed by atoms with Gasteiger partial charge in [-0.2, -0.15) is 0 Å². The number of aryl methyl sites for hydroxylation is 1. The fourth-order valence-corrected chi connectivity index (χ4v) is 2.49. The molecule has 0 aromatic heterocycles. The largest absolute Gasteiger partial charge is 0.490 e. The van der Waals surface area contributed by atoms with Crippen LogP contribution in [0.4, 0.5) is 0 Å². The highest BCUT2D eigenvalue weighted by molar-refractivity contribution is 5.38. The van der Waals surface area contributed by atoms with E-state index in [9.17, 15) is 0 Å². The van der Waals surface area contributed by atoms with Crippen molar-refractivity contribution in [2.75, 3.05) is 0 Å². The Hall–Kier alpha value is -1.02. The Labute approximate surface area is 104 Å². The van der Waals surface area contributed by atoms with Gasteiger partial charge in [0, 0.05) is 11.6 Å². The van der Waals surface area contributed by atoms with Crippen molar-refractivity contribution in [2.45, 2.75) is 58.1 Å². The van der Waals surface area contributed by atoms with Crippen LogP contribution in [0.15, 0.2) is 18.2 Å². The Morgan fingerprint density at radius 3 is 2.59 bits per heavy atom. The van der Waals surface area contributed by atoms with Gasteiger partial charge in [-0.25, -0.2) is 0 Å². The summed E-state index contributed by atoms with van der Waals surface area (Å²) in [6, 6.07) is 6.35.